The summed E-state index contributed by atoms with van der Waals surface area (Å²) in [6.07, 6.45) is 3.51. The minimum Gasteiger partial charge on any atom is -0.357 e. The molecule has 0 radical (unpaired) electrons. The van der Waals surface area contributed by atoms with Crippen molar-refractivity contribution in [3.63, 3.8) is 0 Å². The van der Waals surface area contributed by atoms with Crippen molar-refractivity contribution in [3.8, 4) is 0 Å². The Morgan fingerprint density at radius 3 is 2.19 bits per heavy atom. The first-order valence-corrected chi connectivity index (χ1v) is 12.1. The zero-order valence-corrected chi connectivity index (χ0v) is 22.8. The molecule has 1 aliphatic rings. The number of nitrogens with zero attached hydrogens (tertiary/aromatic N) is 3. The van der Waals surface area contributed by atoms with Crippen LogP contribution in [-0.2, 0) is 6.42 Å². The smallest absolute Gasteiger partial charge is 0.191 e. The predicted octanol–water partition coefficient (Wildman–Crippen LogP) is 4.54. The third-order valence-corrected chi connectivity index (χ3v) is 5.89. The molecule has 1 aliphatic heterocycles. The molecule has 0 aliphatic carbocycles. The molecule has 178 valence electrons. The second-order valence-electron chi connectivity index (χ2n) is 8.95. The van der Waals surface area contributed by atoms with Crippen LogP contribution in [-0.4, -0.2) is 68.1 Å². The maximum atomic E-state index is 4.81. The molecule has 1 aromatic carbocycles. The Bertz CT molecular complexity index is 609. The van der Waals surface area contributed by atoms with Crippen molar-refractivity contribution < 1.29 is 0 Å². The highest BCUT2D eigenvalue weighted by atomic mass is 127. The van der Waals surface area contributed by atoms with E-state index in [9.17, 15) is 0 Å². The maximum Gasteiger partial charge on any atom is 0.191 e. The van der Waals surface area contributed by atoms with Crippen molar-refractivity contribution in [1.82, 2.24) is 20.4 Å². The second kappa shape index (κ2) is 15.9. The molecular formula is C25H46IN5. The number of hydrogen-bond donors (Lipinski definition) is 2. The lowest BCUT2D eigenvalue weighted by atomic mass is 10.00. The van der Waals surface area contributed by atoms with Gasteiger partial charge in [-0.25, -0.2) is 0 Å². The molecule has 31 heavy (non-hydrogen) atoms. The van der Waals surface area contributed by atoms with E-state index in [0.29, 0.717) is 5.92 Å². The van der Waals surface area contributed by atoms with Gasteiger partial charge in [-0.3, -0.25) is 4.99 Å². The van der Waals surface area contributed by atoms with E-state index in [1.807, 2.05) is 0 Å². The topological polar surface area (TPSA) is 42.9 Å². The minimum atomic E-state index is 0. The summed E-state index contributed by atoms with van der Waals surface area (Å²) in [5.41, 5.74) is 2.72. The van der Waals surface area contributed by atoms with Gasteiger partial charge in [0.05, 0.1) is 6.04 Å². The van der Waals surface area contributed by atoms with E-state index in [1.165, 1.54) is 56.8 Å². The van der Waals surface area contributed by atoms with Crippen LogP contribution in [0.5, 0.6) is 0 Å². The first kappa shape index (κ1) is 28.2. The standard InChI is InChI=1S/C25H45N5.HI/c1-6-26-25(27-14-8-9-15-30-18-16-29(7-2)17-19-30)28-22(5)24-12-10-23(11-13-24)20-21(3)4;/h10-13,21-22H,6-9,14-20H2,1-5H3,(H2,26,27,28);1H. The first-order chi connectivity index (χ1) is 14.5. The van der Waals surface area contributed by atoms with E-state index in [0.717, 1.165) is 31.9 Å². The van der Waals surface area contributed by atoms with Crippen LogP contribution in [0.1, 0.15) is 64.6 Å². The summed E-state index contributed by atoms with van der Waals surface area (Å²) in [6, 6.07) is 9.26. The summed E-state index contributed by atoms with van der Waals surface area (Å²) in [7, 11) is 0. The van der Waals surface area contributed by atoms with Crippen molar-refractivity contribution in [2.75, 3.05) is 52.4 Å². The van der Waals surface area contributed by atoms with E-state index in [4.69, 9.17) is 4.99 Å². The maximum absolute atomic E-state index is 4.81. The third-order valence-electron chi connectivity index (χ3n) is 5.89. The van der Waals surface area contributed by atoms with Gasteiger partial charge in [0.15, 0.2) is 5.96 Å². The molecule has 0 saturated carbocycles. The molecule has 1 unspecified atom stereocenters. The Balaban J connectivity index is 0.00000480. The lowest BCUT2D eigenvalue weighted by molar-refractivity contribution is 0.136. The third kappa shape index (κ3) is 11.0. The summed E-state index contributed by atoms with van der Waals surface area (Å²) >= 11 is 0. The SMILES string of the molecule is CCNC(=NCCCCN1CCN(CC)CC1)NC(C)c1ccc(CC(C)C)cc1.I. The number of halogens is 1. The number of piperazine rings is 1. The van der Waals surface area contributed by atoms with Crippen molar-refractivity contribution in [3.05, 3.63) is 35.4 Å². The highest BCUT2D eigenvalue weighted by molar-refractivity contribution is 14.0. The van der Waals surface area contributed by atoms with Gasteiger partial charge >= 0.3 is 0 Å². The van der Waals surface area contributed by atoms with Gasteiger partial charge < -0.3 is 20.4 Å². The first-order valence-electron chi connectivity index (χ1n) is 12.1. The molecule has 5 nitrogen and oxygen atoms in total. The molecule has 0 amide bonds. The number of nitrogens with one attached hydrogen (secondary N) is 2. The summed E-state index contributed by atoms with van der Waals surface area (Å²) in [5.74, 6) is 1.62. The lowest BCUT2D eigenvalue weighted by Crippen LogP contribution is -2.46. The Morgan fingerprint density at radius 1 is 0.968 bits per heavy atom. The molecule has 1 heterocycles. The van der Waals surface area contributed by atoms with Gasteiger partial charge in [0.2, 0.25) is 0 Å². The summed E-state index contributed by atoms with van der Waals surface area (Å²) in [6.45, 7) is 20.2. The van der Waals surface area contributed by atoms with Gasteiger partial charge in [0.1, 0.15) is 0 Å². The fourth-order valence-corrected chi connectivity index (χ4v) is 3.99. The van der Waals surface area contributed by atoms with Crippen LogP contribution < -0.4 is 10.6 Å². The minimum absolute atomic E-state index is 0. The van der Waals surface area contributed by atoms with Crippen LogP contribution in [0.4, 0.5) is 0 Å². The molecule has 0 spiro atoms. The van der Waals surface area contributed by atoms with Crippen LogP contribution in [0, 0.1) is 5.92 Å². The monoisotopic (exact) mass is 543 g/mol. The highest BCUT2D eigenvalue weighted by Crippen LogP contribution is 2.15. The Hall–Kier alpha value is -0.860. The molecule has 1 fully saturated rings. The molecule has 2 N–H and O–H groups in total. The fraction of sp³-hybridized carbons (Fsp3) is 0.720. The average Bonchev–Trinajstić information content (AvgIpc) is 2.74. The van der Waals surface area contributed by atoms with Crippen LogP contribution in [0.2, 0.25) is 0 Å². The molecule has 6 heteroatoms. The van der Waals surface area contributed by atoms with Crippen molar-refractivity contribution in [2.24, 2.45) is 10.9 Å². The zero-order valence-electron chi connectivity index (χ0n) is 20.5. The average molecular weight is 544 g/mol. The fourth-order valence-electron chi connectivity index (χ4n) is 3.99. The van der Waals surface area contributed by atoms with Crippen molar-refractivity contribution in [1.29, 1.82) is 0 Å². The Labute approximate surface area is 208 Å². The van der Waals surface area contributed by atoms with E-state index in [2.05, 4.69) is 79.3 Å². The van der Waals surface area contributed by atoms with Crippen molar-refractivity contribution >= 4 is 29.9 Å². The van der Waals surface area contributed by atoms with E-state index >= 15 is 0 Å². The Kier molecular flexibility index (Phi) is 14.4. The quantitative estimate of drug-likeness (QED) is 0.186. The number of benzene rings is 1. The van der Waals surface area contributed by atoms with Crippen molar-refractivity contribution in [2.45, 2.75) is 59.9 Å². The van der Waals surface area contributed by atoms with Gasteiger partial charge in [0.25, 0.3) is 0 Å². The molecule has 2 rings (SSSR count). The van der Waals surface area contributed by atoms with Gasteiger partial charge in [-0.15, -0.1) is 24.0 Å². The van der Waals surface area contributed by atoms with Gasteiger partial charge in [-0.05, 0) is 63.2 Å². The van der Waals surface area contributed by atoms with Crippen LogP contribution >= 0.6 is 24.0 Å². The van der Waals surface area contributed by atoms with Gasteiger partial charge in [-0.1, -0.05) is 45.0 Å². The molecule has 1 saturated heterocycles. The van der Waals surface area contributed by atoms with E-state index < -0.39 is 0 Å². The van der Waals surface area contributed by atoms with Gasteiger partial charge in [-0.2, -0.15) is 0 Å². The van der Waals surface area contributed by atoms with E-state index in [1.54, 1.807) is 0 Å². The predicted molar refractivity (Wildman–Crippen MR) is 146 cm³/mol. The summed E-state index contributed by atoms with van der Waals surface area (Å²) in [5, 5.41) is 6.96. The molecule has 1 atom stereocenters. The van der Waals surface area contributed by atoms with E-state index in [-0.39, 0.29) is 30.0 Å². The lowest BCUT2D eigenvalue weighted by Gasteiger charge is -2.33. The number of rotatable bonds is 11. The number of likely N-dealkylation sites (N-methyl/N-ethyl adjacent to an activating group) is 1. The number of aliphatic imine (C=N–C) groups is 1. The molecule has 1 aromatic rings. The summed E-state index contributed by atoms with van der Waals surface area (Å²) < 4.78 is 0. The Morgan fingerprint density at radius 2 is 1.61 bits per heavy atom. The zero-order chi connectivity index (χ0) is 21.8. The molecule has 0 bridgehead atoms. The number of guanidine groups is 1. The second-order valence-corrected chi connectivity index (χ2v) is 8.95. The highest BCUT2D eigenvalue weighted by Gasteiger charge is 2.14. The van der Waals surface area contributed by atoms with Crippen LogP contribution in [0.25, 0.3) is 0 Å². The van der Waals surface area contributed by atoms with Gasteiger partial charge in [0, 0.05) is 39.3 Å². The normalized spacial score (nSPS) is 16.8. The molecule has 0 aromatic heterocycles. The number of hydrogen-bond acceptors (Lipinski definition) is 3. The molecular weight excluding hydrogens is 497 g/mol. The summed E-state index contributed by atoms with van der Waals surface area (Å²) in [4.78, 5) is 9.95. The largest absolute Gasteiger partial charge is 0.357 e. The van der Waals surface area contributed by atoms with Crippen LogP contribution in [0.3, 0.4) is 0 Å². The van der Waals surface area contributed by atoms with Crippen LogP contribution in [0.15, 0.2) is 29.3 Å². The number of unbranched alkanes of at least 4 members (excludes halogenated alkanes) is 1.